The fourth-order valence-corrected chi connectivity index (χ4v) is 4.29. The second-order valence-electron chi connectivity index (χ2n) is 8.20. The van der Waals surface area contributed by atoms with Gasteiger partial charge in [-0.15, -0.1) is 0 Å². The van der Waals surface area contributed by atoms with Gasteiger partial charge in [0.15, 0.2) is 0 Å². The second-order valence-corrected chi connectivity index (χ2v) is 8.64. The van der Waals surface area contributed by atoms with Crippen molar-refractivity contribution in [3.8, 4) is 0 Å². The van der Waals surface area contributed by atoms with E-state index >= 15 is 0 Å². The minimum Gasteiger partial charge on any atom is -0.352 e. The number of benzene rings is 1. The standard InChI is InChI=1S/C22H30ClN3O3/c1-16-3-2-12-26(15-16)22(29)18-9-13-25(14-10-18)20(27)8-11-24-21(28)17-4-6-19(23)7-5-17/h4-7,16,18H,2-3,8-15H2,1H3,(H,24,28). The van der Waals surface area contributed by atoms with Crippen LogP contribution in [0.25, 0.3) is 0 Å². The number of amides is 3. The van der Waals surface area contributed by atoms with Crippen LogP contribution in [0, 0.1) is 11.8 Å². The van der Waals surface area contributed by atoms with Crippen molar-refractivity contribution in [2.24, 2.45) is 11.8 Å². The van der Waals surface area contributed by atoms with Gasteiger partial charge in [0.25, 0.3) is 5.91 Å². The number of hydrogen-bond donors (Lipinski definition) is 1. The van der Waals surface area contributed by atoms with Crippen LogP contribution in [0.5, 0.6) is 0 Å². The molecule has 7 heteroatoms. The number of carbonyl (C=O) groups is 3. The van der Waals surface area contributed by atoms with Crippen molar-refractivity contribution in [3.05, 3.63) is 34.9 Å². The molecule has 29 heavy (non-hydrogen) atoms. The lowest BCUT2D eigenvalue weighted by Crippen LogP contribution is -2.47. The summed E-state index contributed by atoms with van der Waals surface area (Å²) in [5.41, 5.74) is 0.521. The molecule has 3 amide bonds. The Labute approximate surface area is 177 Å². The van der Waals surface area contributed by atoms with Crippen LogP contribution in [0.1, 0.15) is 49.4 Å². The zero-order valence-corrected chi connectivity index (χ0v) is 17.8. The summed E-state index contributed by atoms with van der Waals surface area (Å²) in [6.45, 7) is 5.46. The number of piperidine rings is 2. The first-order valence-electron chi connectivity index (χ1n) is 10.5. The molecule has 1 aromatic rings. The van der Waals surface area contributed by atoms with Crippen molar-refractivity contribution in [2.45, 2.75) is 39.0 Å². The molecular weight excluding hydrogens is 390 g/mol. The summed E-state index contributed by atoms with van der Waals surface area (Å²) in [4.78, 5) is 41.1. The average Bonchev–Trinajstić information content (AvgIpc) is 2.73. The topological polar surface area (TPSA) is 69.7 Å². The van der Waals surface area contributed by atoms with E-state index in [1.165, 1.54) is 6.42 Å². The van der Waals surface area contributed by atoms with E-state index in [0.717, 1.165) is 32.4 Å². The third kappa shape index (κ3) is 5.95. The molecule has 2 fully saturated rings. The monoisotopic (exact) mass is 419 g/mol. The Morgan fingerprint density at radius 1 is 1.03 bits per heavy atom. The lowest BCUT2D eigenvalue weighted by molar-refractivity contribution is -0.142. The highest BCUT2D eigenvalue weighted by atomic mass is 35.5. The third-order valence-electron chi connectivity index (χ3n) is 5.90. The Kier molecular flexibility index (Phi) is 7.53. The van der Waals surface area contributed by atoms with Gasteiger partial charge in [0.2, 0.25) is 11.8 Å². The molecule has 1 N–H and O–H groups in total. The van der Waals surface area contributed by atoms with E-state index in [0.29, 0.717) is 36.1 Å². The van der Waals surface area contributed by atoms with E-state index in [9.17, 15) is 14.4 Å². The lowest BCUT2D eigenvalue weighted by Gasteiger charge is -2.37. The van der Waals surface area contributed by atoms with E-state index in [1.807, 2.05) is 9.80 Å². The highest BCUT2D eigenvalue weighted by Gasteiger charge is 2.31. The maximum atomic E-state index is 12.7. The number of nitrogens with one attached hydrogen (secondary N) is 1. The Morgan fingerprint density at radius 3 is 2.38 bits per heavy atom. The van der Waals surface area contributed by atoms with Crippen molar-refractivity contribution >= 4 is 29.3 Å². The molecule has 2 aliphatic rings. The van der Waals surface area contributed by atoms with E-state index < -0.39 is 0 Å². The fourth-order valence-electron chi connectivity index (χ4n) is 4.17. The van der Waals surface area contributed by atoms with Crippen molar-refractivity contribution in [2.75, 3.05) is 32.7 Å². The molecule has 1 unspecified atom stereocenters. The highest BCUT2D eigenvalue weighted by Crippen LogP contribution is 2.23. The molecule has 0 bridgehead atoms. The Morgan fingerprint density at radius 2 is 1.72 bits per heavy atom. The van der Waals surface area contributed by atoms with Crippen molar-refractivity contribution < 1.29 is 14.4 Å². The molecule has 6 nitrogen and oxygen atoms in total. The van der Waals surface area contributed by atoms with Crippen molar-refractivity contribution in [1.82, 2.24) is 15.1 Å². The maximum absolute atomic E-state index is 12.7. The summed E-state index contributed by atoms with van der Waals surface area (Å²) >= 11 is 5.82. The van der Waals surface area contributed by atoms with E-state index in [1.54, 1.807) is 24.3 Å². The van der Waals surface area contributed by atoms with Gasteiger partial charge in [0.05, 0.1) is 0 Å². The Balaban J connectivity index is 1.38. The zero-order valence-electron chi connectivity index (χ0n) is 17.0. The summed E-state index contributed by atoms with van der Waals surface area (Å²) in [5, 5.41) is 3.35. The number of rotatable bonds is 5. The van der Waals surface area contributed by atoms with Crippen LogP contribution in [0.15, 0.2) is 24.3 Å². The summed E-state index contributed by atoms with van der Waals surface area (Å²) in [5.74, 6) is 0.693. The summed E-state index contributed by atoms with van der Waals surface area (Å²) in [6, 6.07) is 6.64. The predicted octanol–water partition coefficient (Wildman–Crippen LogP) is 2.96. The van der Waals surface area contributed by atoms with Crippen LogP contribution < -0.4 is 5.32 Å². The van der Waals surface area contributed by atoms with Gasteiger partial charge in [-0.25, -0.2) is 0 Å². The van der Waals surface area contributed by atoms with E-state index in [4.69, 9.17) is 11.6 Å². The molecule has 3 rings (SSSR count). The van der Waals surface area contributed by atoms with E-state index in [2.05, 4.69) is 12.2 Å². The molecule has 0 spiro atoms. The minimum atomic E-state index is -0.213. The van der Waals surface area contributed by atoms with Crippen molar-refractivity contribution in [1.29, 1.82) is 0 Å². The van der Waals surface area contributed by atoms with Crippen LogP contribution in [-0.2, 0) is 9.59 Å². The first kappa shape index (κ1) is 21.6. The number of carbonyl (C=O) groups excluding carboxylic acids is 3. The van der Waals surface area contributed by atoms with E-state index in [-0.39, 0.29) is 30.1 Å². The molecule has 2 saturated heterocycles. The van der Waals surface area contributed by atoms with Gasteiger partial charge in [-0.2, -0.15) is 0 Å². The maximum Gasteiger partial charge on any atom is 0.251 e. The van der Waals surface area contributed by atoms with Gasteiger partial charge in [-0.05, 0) is 55.9 Å². The number of hydrogen-bond acceptors (Lipinski definition) is 3. The Hall–Kier alpha value is -2.08. The molecule has 1 aromatic carbocycles. The molecule has 1 atom stereocenters. The van der Waals surface area contributed by atoms with Crippen LogP contribution in [-0.4, -0.2) is 60.2 Å². The Bertz CT molecular complexity index is 729. The van der Waals surface area contributed by atoms with Crippen LogP contribution in [0.4, 0.5) is 0 Å². The SMILES string of the molecule is CC1CCCN(C(=O)C2CCN(C(=O)CCNC(=O)c3ccc(Cl)cc3)CC2)C1. The highest BCUT2D eigenvalue weighted by molar-refractivity contribution is 6.30. The summed E-state index contributed by atoms with van der Waals surface area (Å²) in [7, 11) is 0. The second kappa shape index (κ2) is 10.1. The lowest BCUT2D eigenvalue weighted by atomic mass is 9.92. The van der Waals surface area contributed by atoms with Gasteiger partial charge in [-0.1, -0.05) is 18.5 Å². The number of nitrogens with zero attached hydrogens (tertiary/aromatic N) is 2. The summed E-state index contributed by atoms with van der Waals surface area (Å²) < 4.78 is 0. The number of likely N-dealkylation sites (tertiary alicyclic amines) is 2. The van der Waals surface area contributed by atoms with Gasteiger partial charge >= 0.3 is 0 Å². The van der Waals surface area contributed by atoms with Crippen LogP contribution >= 0.6 is 11.6 Å². The molecule has 0 aliphatic carbocycles. The first-order valence-corrected chi connectivity index (χ1v) is 10.9. The van der Waals surface area contributed by atoms with Gasteiger partial charge in [0, 0.05) is 55.6 Å². The molecule has 0 saturated carbocycles. The summed E-state index contributed by atoms with van der Waals surface area (Å²) in [6.07, 6.45) is 4.01. The smallest absolute Gasteiger partial charge is 0.251 e. The molecule has 0 aromatic heterocycles. The van der Waals surface area contributed by atoms with Gasteiger partial charge in [-0.3, -0.25) is 14.4 Å². The van der Waals surface area contributed by atoms with Crippen LogP contribution in [0.3, 0.4) is 0 Å². The average molecular weight is 420 g/mol. The normalized spacial score (nSPS) is 20.4. The molecule has 158 valence electrons. The molecule has 2 heterocycles. The minimum absolute atomic E-state index is 0.0268. The van der Waals surface area contributed by atoms with Crippen molar-refractivity contribution in [3.63, 3.8) is 0 Å². The predicted molar refractivity (Wildman–Crippen MR) is 113 cm³/mol. The first-order chi connectivity index (χ1) is 13.9. The molecule has 0 radical (unpaired) electrons. The van der Waals surface area contributed by atoms with Gasteiger partial charge in [0.1, 0.15) is 0 Å². The van der Waals surface area contributed by atoms with Gasteiger partial charge < -0.3 is 15.1 Å². The molecular formula is C22H30ClN3O3. The zero-order chi connectivity index (χ0) is 20.8. The third-order valence-corrected chi connectivity index (χ3v) is 6.15. The fraction of sp³-hybridized carbons (Fsp3) is 0.591. The van der Waals surface area contributed by atoms with Crippen LogP contribution in [0.2, 0.25) is 5.02 Å². The quantitative estimate of drug-likeness (QED) is 0.797. The molecule has 2 aliphatic heterocycles. The largest absolute Gasteiger partial charge is 0.352 e. The number of halogens is 1.